The monoisotopic (exact) mass is 188 g/mol. The Morgan fingerprint density at radius 1 is 1.07 bits per heavy atom. The summed E-state index contributed by atoms with van der Waals surface area (Å²) in [6.07, 6.45) is 0. The van der Waals surface area contributed by atoms with Crippen LogP contribution in [0.4, 0.5) is 5.82 Å². The molecule has 3 heteroatoms. The average Bonchev–Trinajstić information content (AvgIpc) is 2.16. The number of pyridine rings is 1. The highest BCUT2D eigenvalue weighted by molar-refractivity contribution is 5.79. The topological polar surface area (TPSA) is 36.0 Å². The number of hydrogen-bond donors (Lipinski definition) is 0. The van der Waals surface area contributed by atoms with E-state index in [-0.39, 0.29) is 0 Å². The van der Waals surface area contributed by atoms with Crippen LogP contribution in [-0.2, 0) is 0 Å². The first-order valence-corrected chi connectivity index (χ1v) is 4.49. The Kier molecular flexibility index (Phi) is 1.98. The van der Waals surface area contributed by atoms with Crippen molar-refractivity contribution >= 4 is 16.7 Å². The van der Waals surface area contributed by atoms with E-state index in [9.17, 15) is 5.21 Å². The first-order valence-electron chi connectivity index (χ1n) is 4.49. The highest BCUT2D eigenvalue weighted by atomic mass is 16.5. The molecule has 0 radical (unpaired) electrons. The second-order valence-electron chi connectivity index (χ2n) is 3.71. The predicted octanol–water partition coefficient (Wildman–Crippen LogP) is 2.30. The molecule has 1 heterocycles. The fourth-order valence-electron chi connectivity index (χ4n) is 1.36. The molecule has 0 aliphatic heterocycles. The van der Waals surface area contributed by atoms with E-state index in [1.807, 2.05) is 30.3 Å². The maximum Gasteiger partial charge on any atom is 0.227 e. The third-order valence-corrected chi connectivity index (χ3v) is 2.14. The number of para-hydroxylation sites is 1. The van der Waals surface area contributed by atoms with Crippen molar-refractivity contribution in [2.24, 2.45) is 0 Å². The summed E-state index contributed by atoms with van der Waals surface area (Å²) in [5.41, 5.74) is 0.868. The van der Waals surface area contributed by atoms with Gasteiger partial charge in [0, 0.05) is 11.5 Å². The van der Waals surface area contributed by atoms with E-state index < -0.39 is 4.65 Å². The Bertz CT molecular complexity index is 460. The largest absolute Gasteiger partial charge is 0.627 e. The number of benzene rings is 1. The van der Waals surface area contributed by atoms with Crippen LogP contribution in [0.3, 0.4) is 0 Å². The van der Waals surface area contributed by atoms with Crippen LogP contribution < -0.4 is 4.65 Å². The second kappa shape index (κ2) is 3.04. The van der Waals surface area contributed by atoms with Crippen molar-refractivity contribution in [3.8, 4) is 0 Å². The summed E-state index contributed by atoms with van der Waals surface area (Å²) >= 11 is 0. The van der Waals surface area contributed by atoms with E-state index in [4.69, 9.17) is 0 Å². The molecule has 0 aliphatic carbocycles. The van der Waals surface area contributed by atoms with E-state index in [0.717, 1.165) is 10.9 Å². The highest BCUT2D eigenvalue weighted by Gasteiger charge is 2.09. The van der Waals surface area contributed by atoms with Gasteiger partial charge < -0.3 is 9.85 Å². The van der Waals surface area contributed by atoms with Gasteiger partial charge in [-0.25, -0.2) is 0 Å². The molecule has 0 unspecified atom stereocenters. The summed E-state index contributed by atoms with van der Waals surface area (Å²) < 4.78 is -0.495. The third kappa shape index (κ3) is 1.60. The molecule has 0 saturated heterocycles. The number of hydrogen-bond acceptors (Lipinski definition) is 2. The van der Waals surface area contributed by atoms with Crippen molar-refractivity contribution < 1.29 is 0 Å². The molecular weight excluding hydrogens is 176 g/mol. The number of nitrogens with zero attached hydrogens (tertiary/aromatic N) is 2. The molecule has 0 amide bonds. The molecule has 72 valence electrons. The van der Waals surface area contributed by atoms with Gasteiger partial charge in [0.2, 0.25) is 5.82 Å². The lowest BCUT2D eigenvalue weighted by molar-refractivity contribution is 0.529. The number of hydroxylamine groups is 2. The van der Waals surface area contributed by atoms with E-state index in [1.165, 1.54) is 0 Å². The highest BCUT2D eigenvalue weighted by Crippen LogP contribution is 2.19. The van der Waals surface area contributed by atoms with Crippen molar-refractivity contribution in [1.29, 1.82) is 0 Å². The normalized spacial score (nSPS) is 11.9. The van der Waals surface area contributed by atoms with Gasteiger partial charge in [-0.05, 0) is 12.1 Å². The zero-order valence-electron chi connectivity index (χ0n) is 8.27. The standard InChI is InChI=1S/C11H12N2O/c1-13(2,14)11-8-7-9-5-3-4-6-10(9)12-11/h3-8H,1-2H3. The molecule has 3 nitrogen and oxygen atoms in total. The molecule has 0 fully saturated rings. The van der Waals surface area contributed by atoms with Crippen LogP contribution in [-0.4, -0.2) is 19.1 Å². The lowest BCUT2D eigenvalue weighted by Gasteiger charge is -2.31. The maximum atomic E-state index is 11.6. The van der Waals surface area contributed by atoms with Gasteiger partial charge in [0.25, 0.3) is 0 Å². The Hall–Kier alpha value is -1.45. The average molecular weight is 188 g/mol. The maximum absolute atomic E-state index is 11.6. The van der Waals surface area contributed by atoms with E-state index in [1.54, 1.807) is 20.2 Å². The quantitative estimate of drug-likeness (QED) is 0.508. The lowest BCUT2D eigenvalue weighted by Crippen LogP contribution is -2.33. The molecule has 2 aromatic rings. The number of aromatic nitrogens is 1. The van der Waals surface area contributed by atoms with Crippen LogP contribution in [0.25, 0.3) is 10.9 Å². The summed E-state index contributed by atoms with van der Waals surface area (Å²) in [7, 11) is 3.13. The number of rotatable bonds is 1. The van der Waals surface area contributed by atoms with Crippen LogP contribution in [0.5, 0.6) is 0 Å². The van der Waals surface area contributed by atoms with Crippen LogP contribution in [0, 0.1) is 5.21 Å². The number of fused-ring (bicyclic) bond motifs is 1. The Morgan fingerprint density at radius 2 is 1.79 bits per heavy atom. The smallest absolute Gasteiger partial charge is 0.227 e. The molecule has 0 spiro atoms. The molecule has 1 aromatic heterocycles. The zero-order valence-corrected chi connectivity index (χ0v) is 8.27. The summed E-state index contributed by atoms with van der Waals surface area (Å²) in [5, 5.41) is 12.7. The van der Waals surface area contributed by atoms with Gasteiger partial charge in [0.15, 0.2) is 0 Å². The van der Waals surface area contributed by atoms with E-state index in [0.29, 0.717) is 5.82 Å². The van der Waals surface area contributed by atoms with Crippen molar-refractivity contribution in [1.82, 2.24) is 9.63 Å². The van der Waals surface area contributed by atoms with E-state index in [2.05, 4.69) is 4.98 Å². The van der Waals surface area contributed by atoms with Crippen molar-refractivity contribution in [2.75, 3.05) is 14.1 Å². The van der Waals surface area contributed by atoms with Crippen LogP contribution in [0.2, 0.25) is 0 Å². The minimum Gasteiger partial charge on any atom is -0.627 e. The SMILES string of the molecule is C[N+](C)([O-])c1ccc2ccccc2n1. The third-order valence-electron chi connectivity index (χ3n) is 2.14. The van der Waals surface area contributed by atoms with Crippen molar-refractivity contribution in [3.05, 3.63) is 41.6 Å². The Balaban J connectivity index is 2.63. The molecule has 0 atom stereocenters. The van der Waals surface area contributed by atoms with Crippen molar-refractivity contribution in [3.63, 3.8) is 0 Å². The lowest BCUT2D eigenvalue weighted by atomic mass is 10.2. The summed E-state index contributed by atoms with van der Waals surface area (Å²) in [4.78, 5) is 4.31. The van der Waals surface area contributed by atoms with Crippen LogP contribution in [0.1, 0.15) is 0 Å². The molecule has 0 saturated carbocycles. The minimum atomic E-state index is -0.495. The predicted molar refractivity (Wildman–Crippen MR) is 58.8 cm³/mol. The molecule has 14 heavy (non-hydrogen) atoms. The number of quaternary nitrogens is 1. The molecule has 1 aromatic carbocycles. The summed E-state index contributed by atoms with van der Waals surface area (Å²) in [6, 6.07) is 11.5. The van der Waals surface area contributed by atoms with Gasteiger partial charge in [0.1, 0.15) is 0 Å². The first kappa shape index (κ1) is 9.12. The Labute approximate surface area is 82.8 Å². The molecular formula is C11H12N2O. The summed E-state index contributed by atoms with van der Waals surface area (Å²) in [6.45, 7) is 0. The molecule has 0 bridgehead atoms. The Morgan fingerprint density at radius 3 is 2.50 bits per heavy atom. The van der Waals surface area contributed by atoms with Gasteiger partial charge in [-0.3, -0.25) is 0 Å². The van der Waals surface area contributed by atoms with Crippen LogP contribution >= 0.6 is 0 Å². The molecule has 0 N–H and O–H groups in total. The summed E-state index contributed by atoms with van der Waals surface area (Å²) in [5.74, 6) is 0.531. The molecule has 2 rings (SSSR count). The van der Waals surface area contributed by atoms with Crippen LogP contribution in [0.15, 0.2) is 36.4 Å². The van der Waals surface area contributed by atoms with Gasteiger partial charge >= 0.3 is 0 Å². The van der Waals surface area contributed by atoms with Gasteiger partial charge in [-0.1, -0.05) is 18.2 Å². The second-order valence-corrected chi connectivity index (χ2v) is 3.71. The van der Waals surface area contributed by atoms with Gasteiger partial charge in [0.05, 0.1) is 19.6 Å². The fourth-order valence-corrected chi connectivity index (χ4v) is 1.36. The molecule has 0 aliphatic rings. The first-order chi connectivity index (χ1) is 6.57. The fraction of sp³-hybridized carbons (Fsp3) is 0.182. The van der Waals surface area contributed by atoms with Gasteiger partial charge in [-0.2, -0.15) is 4.98 Å². The van der Waals surface area contributed by atoms with Gasteiger partial charge in [-0.15, -0.1) is 0 Å². The zero-order chi connectivity index (χ0) is 10.2. The van der Waals surface area contributed by atoms with Crippen molar-refractivity contribution in [2.45, 2.75) is 0 Å². The van der Waals surface area contributed by atoms with E-state index >= 15 is 0 Å². The minimum absolute atomic E-state index is 0.495.